The predicted octanol–water partition coefficient (Wildman–Crippen LogP) is 1.82. The van der Waals surface area contributed by atoms with Crippen molar-refractivity contribution in [2.45, 2.75) is 106 Å². The average molecular weight is 510 g/mol. The molecule has 0 rings (SSSR count). The fourth-order valence-corrected chi connectivity index (χ4v) is 2.11. The van der Waals surface area contributed by atoms with Crippen LogP contribution in [0.4, 0.5) is 0 Å². The van der Waals surface area contributed by atoms with Gasteiger partial charge in [-0.05, 0) is 39.5 Å². The number of hydrogen-bond acceptors (Lipinski definition) is 8. The second kappa shape index (κ2) is 33.1. The van der Waals surface area contributed by atoms with Gasteiger partial charge in [0.15, 0.2) is 0 Å². The number of hydrogen-bond donors (Lipinski definition) is 2. The van der Waals surface area contributed by atoms with Crippen LogP contribution in [0.1, 0.15) is 106 Å². The molecular weight excluding hydrogens is 464 g/mol. The molecule has 0 radical (unpaired) electrons. The summed E-state index contributed by atoms with van der Waals surface area (Å²) in [5, 5.41) is 36.8. The standard InChI is InChI=1S/2C8H14O3.2C4H10O.Ti/c2*1-3-4-5-7(6(2)9)8(10)11;2*1-2-3-4-5;/h2*7H,3-5H2,1-2H3,(H,10,11);2*5H,2-4H2,1H3;/q;;;;+2/p-2. The van der Waals surface area contributed by atoms with Crippen LogP contribution < -0.4 is 10.2 Å². The van der Waals surface area contributed by atoms with E-state index in [1.54, 1.807) is 0 Å². The topological polar surface area (TPSA) is 155 Å². The van der Waals surface area contributed by atoms with Gasteiger partial charge in [-0.3, -0.25) is 9.59 Å². The summed E-state index contributed by atoms with van der Waals surface area (Å²) in [6.07, 6.45) is 8.22. The Morgan fingerprint density at radius 1 is 0.606 bits per heavy atom. The van der Waals surface area contributed by atoms with Crippen LogP contribution in [0.3, 0.4) is 0 Å². The number of rotatable bonds is 14. The van der Waals surface area contributed by atoms with Gasteiger partial charge in [-0.25, -0.2) is 0 Å². The Balaban J connectivity index is -0.000000112. The summed E-state index contributed by atoms with van der Waals surface area (Å²) < 4.78 is 0. The largest absolute Gasteiger partial charge is 2.00 e. The fourth-order valence-electron chi connectivity index (χ4n) is 2.11. The van der Waals surface area contributed by atoms with Crippen molar-refractivity contribution in [1.82, 2.24) is 0 Å². The van der Waals surface area contributed by atoms with Crippen molar-refractivity contribution in [2.75, 3.05) is 13.2 Å². The predicted molar refractivity (Wildman–Crippen MR) is 121 cm³/mol. The molecule has 0 aliphatic rings. The summed E-state index contributed by atoms with van der Waals surface area (Å²) in [4.78, 5) is 42.0. The van der Waals surface area contributed by atoms with E-state index in [0.29, 0.717) is 26.1 Å². The summed E-state index contributed by atoms with van der Waals surface area (Å²) in [6.45, 7) is 11.3. The molecule has 0 saturated carbocycles. The van der Waals surface area contributed by atoms with Crippen LogP contribution in [-0.4, -0.2) is 46.9 Å². The Morgan fingerprint density at radius 2 is 0.848 bits per heavy atom. The van der Waals surface area contributed by atoms with Crippen molar-refractivity contribution in [2.24, 2.45) is 11.8 Å². The van der Waals surface area contributed by atoms with Crippen LogP contribution >= 0.6 is 0 Å². The second-order valence-electron chi connectivity index (χ2n) is 7.40. The van der Waals surface area contributed by atoms with Crippen molar-refractivity contribution in [3.63, 3.8) is 0 Å². The molecule has 0 aromatic heterocycles. The van der Waals surface area contributed by atoms with E-state index in [4.69, 9.17) is 10.2 Å². The number of ketones is 2. The van der Waals surface area contributed by atoms with Crippen LogP contribution in [0, 0.1) is 11.8 Å². The van der Waals surface area contributed by atoms with Gasteiger partial charge in [0.1, 0.15) is 11.6 Å². The van der Waals surface area contributed by atoms with E-state index in [9.17, 15) is 29.4 Å². The molecule has 0 amide bonds. The first-order valence-electron chi connectivity index (χ1n) is 11.7. The monoisotopic (exact) mass is 510 g/mol. The van der Waals surface area contributed by atoms with Crippen LogP contribution in [0.5, 0.6) is 0 Å². The van der Waals surface area contributed by atoms with Crippen LogP contribution in [0.15, 0.2) is 0 Å². The molecule has 0 aromatic carbocycles. The van der Waals surface area contributed by atoms with Gasteiger partial charge < -0.3 is 30.0 Å². The molecule has 2 N–H and O–H groups in total. The van der Waals surface area contributed by atoms with Crippen LogP contribution in [0.2, 0.25) is 0 Å². The van der Waals surface area contributed by atoms with E-state index in [2.05, 4.69) is 13.8 Å². The van der Waals surface area contributed by atoms with Gasteiger partial charge >= 0.3 is 21.7 Å². The quantitative estimate of drug-likeness (QED) is 0.265. The summed E-state index contributed by atoms with van der Waals surface area (Å²) >= 11 is 0. The van der Waals surface area contributed by atoms with Crippen LogP contribution in [0.25, 0.3) is 0 Å². The molecule has 0 aromatic rings. The molecule has 0 saturated heterocycles. The zero-order valence-corrected chi connectivity index (χ0v) is 23.0. The fraction of sp³-hybridized carbons (Fsp3) is 0.833. The van der Waals surface area contributed by atoms with E-state index in [1.807, 2.05) is 13.8 Å². The molecule has 9 heteroatoms. The van der Waals surface area contributed by atoms with Gasteiger partial charge in [0.2, 0.25) is 0 Å². The summed E-state index contributed by atoms with van der Waals surface area (Å²) in [5.74, 6) is -4.89. The molecule has 0 spiro atoms. The molecule has 0 aliphatic heterocycles. The average Bonchev–Trinajstić information content (AvgIpc) is 2.70. The molecule has 194 valence electrons. The van der Waals surface area contributed by atoms with Crippen LogP contribution in [-0.2, 0) is 40.9 Å². The number of unbranched alkanes of at least 4 members (excludes halogenated alkanes) is 4. The first-order chi connectivity index (χ1) is 15.0. The Labute approximate surface area is 215 Å². The maximum atomic E-state index is 10.7. The number of carboxylic acids is 2. The van der Waals surface area contributed by atoms with Gasteiger partial charge in [0.25, 0.3) is 0 Å². The maximum Gasteiger partial charge on any atom is 2.00 e. The van der Waals surface area contributed by atoms with Crippen molar-refractivity contribution in [3.8, 4) is 0 Å². The van der Waals surface area contributed by atoms with Crippen molar-refractivity contribution in [1.29, 1.82) is 0 Å². The number of aliphatic hydroxyl groups excluding tert-OH is 2. The molecule has 2 atom stereocenters. The molecular formula is C24H46O8Ti. The minimum absolute atomic E-state index is 0. The maximum absolute atomic E-state index is 10.7. The van der Waals surface area contributed by atoms with Gasteiger partial charge in [-0.2, -0.15) is 0 Å². The number of aliphatic carboxylic acids is 2. The van der Waals surface area contributed by atoms with E-state index >= 15 is 0 Å². The molecule has 8 nitrogen and oxygen atoms in total. The van der Waals surface area contributed by atoms with Gasteiger partial charge in [-0.1, -0.05) is 66.2 Å². The number of aliphatic hydroxyl groups is 2. The summed E-state index contributed by atoms with van der Waals surface area (Å²) in [7, 11) is 0. The number of carboxylic acid groups (broad SMARTS) is 2. The zero-order chi connectivity index (χ0) is 25.9. The second-order valence-corrected chi connectivity index (χ2v) is 7.40. The van der Waals surface area contributed by atoms with Crippen molar-refractivity contribution in [3.05, 3.63) is 0 Å². The molecule has 2 unspecified atom stereocenters. The minimum Gasteiger partial charge on any atom is -0.549 e. The normalized spacial score (nSPS) is 10.9. The smallest absolute Gasteiger partial charge is 0.549 e. The summed E-state index contributed by atoms with van der Waals surface area (Å²) in [6, 6.07) is 0. The molecule has 33 heavy (non-hydrogen) atoms. The van der Waals surface area contributed by atoms with E-state index in [0.717, 1.165) is 51.4 Å². The summed E-state index contributed by atoms with van der Waals surface area (Å²) in [5.41, 5.74) is 0. The van der Waals surface area contributed by atoms with Crippen molar-refractivity contribution < 1.29 is 61.3 Å². The third-order valence-corrected chi connectivity index (χ3v) is 4.27. The molecule has 0 bridgehead atoms. The van der Waals surface area contributed by atoms with E-state index in [1.165, 1.54) is 13.8 Å². The number of carbonyl (C=O) groups excluding carboxylic acids is 4. The first-order valence-corrected chi connectivity index (χ1v) is 11.7. The molecule has 0 heterocycles. The SMILES string of the molecule is CCCCC(C(C)=O)C(=O)[O-].CCCCC(C(C)=O)C(=O)[O-].CCCCO.CCCCO.[Ti+2]. The Morgan fingerprint density at radius 3 is 0.939 bits per heavy atom. The number of Topliss-reactive ketones (excluding diaryl/α,β-unsaturated/α-hetero) is 2. The Bertz CT molecular complexity index is 395. The minimum atomic E-state index is -1.24. The van der Waals surface area contributed by atoms with Gasteiger partial charge in [0.05, 0.1) is 23.8 Å². The Hall–Kier alpha value is -1.09. The molecule has 0 fully saturated rings. The van der Waals surface area contributed by atoms with Gasteiger partial charge in [-0.15, -0.1) is 0 Å². The number of carbonyl (C=O) groups is 4. The Kier molecular flexibility index (Phi) is 42.2. The third kappa shape index (κ3) is 35.7. The zero-order valence-electron chi connectivity index (χ0n) is 21.5. The van der Waals surface area contributed by atoms with E-state index < -0.39 is 23.8 Å². The third-order valence-electron chi connectivity index (χ3n) is 4.27. The van der Waals surface area contributed by atoms with Crippen molar-refractivity contribution >= 4 is 23.5 Å². The molecule has 0 aliphatic carbocycles. The van der Waals surface area contributed by atoms with E-state index in [-0.39, 0.29) is 33.3 Å². The van der Waals surface area contributed by atoms with Gasteiger partial charge in [0, 0.05) is 13.2 Å². The first kappa shape index (κ1) is 42.1.